The van der Waals surface area contributed by atoms with Crippen LogP contribution in [0, 0.1) is 20.8 Å². The van der Waals surface area contributed by atoms with Gasteiger partial charge in [0.1, 0.15) is 17.9 Å². The summed E-state index contributed by atoms with van der Waals surface area (Å²) in [7, 11) is 0. The molecular weight excluding hydrogens is 352 g/mol. The summed E-state index contributed by atoms with van der Waals surface area (Å²) >= 11 is 0. The van der Waals surface area contributed by atoms with E-state index in [1.807, 2.05) is 45.0 Å². The average molecular weight is 378 g/mol. The van der Waals surface area contributed by atoms with Gasteiger partial charge in [0.15, 0.2) is 0 Å². The van der Waals surface area contributed by atoms with Crippen molar-refractivity contribution in [2.45, 2.75) is 59.5 Å². The first kappa shape index (κ1) is 18.5. The van der Waals surface area contributed by atoms with Crippen molar-refractivity contribution in [2.24, 2.45) is 0 Å². The van der Waals surface area contributed by atoms with Gasteiger partial charge >= 0.3 is 0 Å². The zero-order valence-corrected chi connectivity index (χ0v) is 16.7. The number of carbonyl (C=O) groups is 1. The van der Waals surface area contributed by atoms with Crippen LogP contribution in [0.25, 0.3) is 11.0 Å². The fourth-order valence-electron chi connectivity index (χ4n) is 4.10. The van der Waals surface area contributed by atoms with Crippen molar-refractivity contribution in [3.8, 4) is 0 Å². The SMILES string of the molecule is Cc1cccc(C)c1NC(=O)Cn1c(C)cc2nc3n(c(=O)c21)CCCCC3. The minimum atomic E-state index is -0.141. The van der Waals surface area contributed by atoms with Crippen LogP contribution in [-0.4, -0.2) is 20.0 Å². The molecule has 3 aromatic rings. The summed E-state index contributed by atoms with van der Waals surface area (Å²) < 4.78 is 3.60. The lowest BCUT2D eigenvalue weighted by Gasteiger charge is -2.14. The number of para-hydroxylation sites is 1. The highest BCUT2D eigenvalue weighted by atomic mass is 16.2. The van der Waals surface area contributed by atoms with Crippen LogP contribution < -0.4 is 10.9 Å². The van der Waals surface area contributed by atoms with E-state index in [1.54, 1.807) is 9.13 Å². The Kier molecular flexibility index (Phi) is 4.79. The van der Waals surface area contributed by atoms with Crippen LogP contribution in [0.2, 0.25) is 0 Å². The van der Waals surface area contributed by atoms with Crippen molar-refractivity contribution < 1.29 is 4.79 Å². The normalized spacial score (nSPS) is 14.0. The number of carbonyl (C=O) groups excluding carboxylic acids is 1. The van der Waals surface area contributed by atoms with Gasteiger partial charge in [-0.25, -0.2) is 4.98 Å². The lowest BCUT2D eigenvalue weighted by atomic mass is 10.1. The maximum absolute atomic E-state index is 13.2. The first-order valence-electron chi connectivity index (χ1n) is 9.91. The monoisotopic (exact) mass is 378 g/mol. The molecule has 3 heterocycles. The van der Waals surface area contributed by atoms with Crippen LogP contribution in [0.1, 0.15) is 41.9 Å². The largest absolute Gasteiger partial charge is 0.330 e. The van der Waals surface area contributed by atoms with Gasteiger partial charge in [-0.05, 0) is 50.8 Å². The Hall–Kier alpha value is -2.89. The highest BCUT2D eigenvalue weighted by molar-refractivity contribution is 5.93. The predicted octanol–water partition coefficient (Wildman–Crippen LogP) is 3.49. The Morgan fingerprint density at radius 3 is 2.64 bits per heavy atom. The molecule has 0 radical (unpaired) electrons. The highest BCUT2D eigenvalue weighted by Gasteiger charge is 2.19. The molecule has 1 amide bonds. The molecule has 6 heteroatoms. The van der Waals surface area contributed by atoms with E-state index >= 15 is 0 Å². The van der Waals surface area contributed by atoms with Crippen LogP contribution in [0.3, 0.4) is 0 Å². The van der Waals surface area contributed by atoms with Crippen molar-refractivity contribution in [3.05, 3.63) is 57.3 Å². The summed E-state index contributed by atoms with van der Waals surface area (Å²) in [5.41, 5.74) is 4.94. The van der Waals surface area contributed by atoms with E-state index in [9.17, 15) is 9.59 Å². The van der Waals surface area contributed by atoms with Gasteiger partial charge in [0, 0.05) is 24.3 Å². The quantitative estimate of drug-likeness (QED) is 0.758. The van der Waals surface area contributed by atoms with Crippen molar-refractivity contribution >= 4 is 22.6 Å². The molecule has 1 aliphatic rings. The third kappa shape index (κ3) is 3.23. The molecule has 0 atom stereocenters. The molecule has 6 nitrogen and oxygen atoms in total. The Bertz CT molecular complexity index is 1100. The lowest BCUT2D eigenvalue weighted by molar-refractivity contribution is -0.116. The van der Waals surface area contributed by atoms with E-state index in [0.29, 0.717) is 17.6 Å². The summed E-state index contributed by atoms with van der Waals surface area (Å²) in [6, 6.07) is 7.84. The Labute approximate surface area is 164 Å². The molecule has 1 aromatic carbocycles. The topological polar surface area (TPSA) is 68.9 Å². The number of benzene rings is 1. The van der Waals surface area contributed by atoms with E-state index in [0.717, 1.165) is 54.0 Å². The Morgan fingerprint density at radius 2 is 1.89 bits per heavy atom. The highest BCUT2D eigenvalue weighted by Crippen LogP contribution is 2.21. The number of anilines is 1. The van der Waals surface area contributed by atoms with Gasteiger partial charge in [0.05, 0.1) is 5.52 Å². The van der Waals surface area contributed by atoms with Gasteiger partial charge in [-0.15, -0.1) is 0 Å². The molecule has 146 valence electrons. The molecule has 0 aliphatic carbocycles. The van der Waals surface area contributed by atoms with Gasteiger partial charge < -0.3 is 9.88 Å². The fourth-order valence-corrected chi connectivity index (χ4v) is 4.10. The van der Waals surface area contributed by atoms with Crippen LogP contribution in [-0.2, 0) is 24.3 Å². The Balaban J connectivity index is 1.71. The van der Waals surface area contributed by atoms with Gasteiger partial charge in [0.25, 0.3) is 5.56 Å². The number of hydrogen-bond acceptors (Lipinski definition) is 3. The number of fused-ring (bicyclic) bond motifs is 2. The summed E-state index contributed by atoms with van der Waals surface area (Å²) in [4.78, 5) is 30.7. The molecule has 1 aliphatic heterocycles. The molecule has 0 unspecified atom stereocenters. The first-order valence-corrected chi connectivity index (χ1v) is 9.91. The lowest BCUT2D eigenvalue weighted by Crippen LogP contribution is -2.28. The van der Waals surface area contributed by atoms with E-state index in [2.05, 4.69) is 5.32 Å². The maximum atomic E-state index is 13.2. The molecule has 0 spiro atoms. The standard InChI is InChI=1S/C22H26N4O2/c1-14-8-7-9-15(2)20(14)24-19(27)13-26-16(3)12-17-21(26)22(28)25-11-6-4-5-10-18(25)23-17/h7-9,12H,4-6,10-11,13H2,1-3H3,(H,24,27). The predicted molar refractivity (Wildman–Crippen MR) is 111 cm³/mol. The number of nitrogens with zero attached hydrogens (tertiary/aromatic N) is 3. The van der Waals surface area contributed by atoms with Gasteiger partial charge in [-0.1, -0.05) is 24.6 Å². The first-order chi connectivity index (χ1) is 13.5. The molecule has 2 aromatic heterocycles. The number of rotatable bonds is 3. The molecule has 4 rings (SSSR count). The minimum absolute atomic E-state index is 0.0325. The summed E-state index contributed by atoms with van der Waals surface area (Å²) in [6.45, 7) is 6.67. The minimum Gasteiger partial charge on any atom is -0.330 e. The molecular formula is C22H26N4O2. The van der Waals surface area contributed by atoms with Crippen LogP contribution in [0.5, 0.6) is 0 Å². The van der Waals surface area contributed by atoms with Crippen molar-refractivity contribution in [1.82, 2.24) is 14.1 Å². The van der Waals surface area contributed by atoms with Crippen LogP contribution in [0.15, 0.2) is 29.1 Å². The molecule has 0 saturated carbocycles. The number of aromatic nitrogens is 3. The van der Waals surface area contributed by atoms with E-state index < -0.39 is 0 Å². The molecule has 1 N–H and O–H groups in total. The van der Waals surface area contributed by atoms with Crippen molar-refractivity contribution in [3.63, 3.8) is 0 Å². The Morgan fingerprint density at radius 1 is 1.14 bits per heavy atom. The van der Waals surface area contributed by atoms with Crippen LogP contribution >= 0.6 is 0 Å². The summed E-state index contributed by atoms with van der Waals surface area (Å²) in [6.07, 6.45) is 4.01. The van der Waals surface area contributed by atoms with E-state index in [-0.39, 0.29) is 18.0 Å². The smallest absolute Gasteiger partial charge is 0.278 e. The second kappa shape index (κ2) is 7.26. The van der Waals surface area contributed by atoms with Crippen molar-refractivity contribution in [2.75, 3.05) is 5.32 Å². The van der Waals surface area contributed by atoms with Crippen molar-refractivity contribution in [1.29, 1.82) is 0 Å². The molecule has 0 fully saturated rings. The zero-order valence-electron chi connectivity index (χ0n) is 16.7. The van der Waals surface area contributed by atoms with Crippen LogP contribution in [0.4, 0.5) is 5.69 Å². The van der Waals surface area contributed by atoms with Gasteiger partial charge in [-0.2, -0.15) is 0 Å². The van der Waals surface area contributed by atoms with Gasteiger partial charge in [-0.3, -0.25) is 14.2 Å². The zero-order chi connectivity index (χ0) is 19.8. The molecule has 0 bridgehead atoms. The van der Waals surface area contributed by atoms with E-state index in [1.165, 1.54) is 0 Å². The molecule has 28 heavy (non-hydrogen) atoms. The maximum Gasteiger partial charge on any atom is 0.278 e. The fraction of sp³-hybridized carbons (Fsp3) is 0.409. The number of aryl methyl sites for hydroxylation is 4. The number of nitrogens with one attached hydrogen (secondary N) is 1. The summed E-state index contributed by atoms with van der Waals surface area (Å²) in [5, 5.41) is 3.01. The second-order valence-corrected chi connectivity index (χ2v) is 7.72. The number of amides is 1. The summed E-state index contributed by atoms with van der Waals surface area (Å²) in [5.74, 6) is 0.726. The van der Waals surface area contributed by atoms with Gasteiger partial charge in [0.2, 0.25) is 5.91 Å². The third-order valence-electron chi connectivity index (χ3n) is 5.62. The second-order valence-electron chi connectivity index (χ2n) is 7.72. The molecule has 0 saturated heterocycles. The van der Waals surface area contributed by atoms with E-state index in [4.69, 9.17) is 4.98 Å². The third-order valence-corrected chi connectivity index (χ3v) is 5.62. The average Bonchev–Trinajstić information content (AvgIpc) is 2.82. The number of hydrogen-bond donors (Lipinski definition) is 1.